The highest BCUT2D eigenvalue weighted by molar-refractivity contribution is 4.74. The van der Waals surface area contributed by atoms with Crippen LogP contribution in [0.4, 0.5) is 0 Å². The summed E-state index contributed by atoms with van der Waals surface area (Å²) < 4.78 is 5.21. The van der Waals surface area contributed by atoms with Crippen molar-refractivity contribution in [3.05, 3.63) is 0 Å². The van der Waals surface area contributed by atoms with Crippen LogP contribution < -0.4 is 5.32 Å². The summed E-state index contributed by atoms with van der Waals surface area (Å²) in [5.74, 6) is 0.784. The van der Waals surface area contributed by atoms with Crippen LogP contribution in [0.3, 0.4) is 0 Å². The SMILES string of the molecule is CCC(C)N(CCOC)C(C)CNCCC(C)C. The molecule has 0 aromatic rings. The van der Waals surface area contributed by atoms with Crippen molar-refractivity contribution in [3.63, 3.8) is 0 Å². The number of methoxy groups -OCH3 is 1. The molecule has 0 radical (unpaired) electrons. The van der Waals surface area contributed by atoms with Gasteiger partial charge in [-0.25, -0.2) is 0 Å². The zero-order valence-corrected chi connectivity index (χ0v) is 13.3. The lowest BCUT2D eigenvalue weighted by atomic mass is 10.1. The molecule has 0 spiro atoms. The summed E-state index contributed by atoms with van der Waals surface area (Å²) in [6, 6.07) is 1.20. The maximum absolute atomic E-state index is 5.21. The molecule has 0 amide bonds. The van der Waals surface area contributed by atoms with Gasteiger partial charge in [-0.15, -0.1) is 0 Å². The maximum Gasteiger partial charge on any atom is 0.0589 e. The first kappa shape index (κ1) is 17.9. The van der Waals surface area contributed by atoms with Crippen LogP contribution in [-0.4, -0.2) is 50.3 Å². The fraction of sp³-hybridized carbons (Fsp3) is 1.00. The lowest BCUT2D eigenvalue weighted by Gasteiger charge is -2.34. The Balaban J connectivity index is 3.99. The van der Waals surface area contributed by atoms with Gasteiger partial charge >= 0.3 is 0 Å². The Morgan fingerprint density at radius 3 is 2.28 bits per heavy atom. The van der Waals surface area contributed by atoms with Gasteiger partial charge in [-0.05, 0) is 39.2 Å². The van der Waals surface area contributed by atoms with Crippen molar-refractivity contribution >= 4 is 0 Å². The predicted molar refractivity (Wildman–Crippen MR) is 80.1 cm³/mol. The minimum Gasteiger partial charge on any atom is -0.383 e. The summed E-state index contributed by atoms with van der Waals surface area (Å²) in [4.78, 5) is 2.55. The Hall–Kier alpha value is -0.120. The Bertz CT molecular complexity index is 185. The van der Waals surface area contributed by atoms with Crippen molar-refractivity contribution in [2.24, 2.45) is 5.92 Å². The van der Waals surface area contributed by atoms with E-state index in [1.165, 1.54) is 12.8 Å². The second-order valence-electron chi connectivity index (χ2n) is 5.72. The van der Waals surface area contributed by atoms with E-state index in [0.29, 0.717) is 12.1 Å². The van der Waals surface area contributed by atoms with Crippen LogP contribution in [0.1, 0.15) is 47.5 Å². The van der Waals surface area contributed by atoms with Gasteiger partial charge in [0.25, 0.3) is 0 Å². The van der Waals surface area contributed by atoms with E-state index >= 15 is 0 Å². The molecule has 0 bridgehead atoms. The predicted octanol–water partition coefficient (Wildman–Crippen LogP) is 2.76. The second-order valence-corrected chi connectivity index (χ2v) is 5.72. The van der Waals surface area contributed by atoms with E-state index in [4.69, 9.17) is 4.74 Å². The van der Waals surface area contributed by atoms with E-state index in [2.05, 4.69) is 44.8 Å². The Labute approximate surface area is 114 Å². The van der Waals surface area contributed by atoms with E-state index in [0.717, 1.165) is 32.2 Å². The van der Waals surface area contributed by atoms with Crippen LogP contribution in [0.15, 0.2) is 0 Å². The molecule has 110 valence electrons. The zero-order chi connectivity index (χ0) is 14.0. The van der Waals surface area contributed by atoms with Gasteiger partial charge in [-0.3, -0.25) is 4.90 Å². The molecule has 2 unspecified atom stereocenters. The molecule has 3 heteroatoms. The van der Waals surface area contributed by atoms with Gasteiger partial charge in [0.1, 0.15) is 0 Å². The van der Waals surface area contributed by atoms with Crippen molar-refractivity contribution in [1.82, 2.24) is 10.2 Å². The molecule has 2 atom stereocenters. The van der Waals surface area contributed by atoms with Gasteiger partial charge in [0.05, 0.1) is 6.61 Å². The second kappa shape index (κ2) is 10.8. The number of hydrogen-bond donors (Lipinski definition) is 1. The topological polar surface area (TPSA) is 24.5 Å². The van der Waals surface area contributed by atoms with E-state index in [1.54, 1.807) is 7.11 Å². The zero-order valence-electron chi connectivity index (χ0n) is 13.3. The van der Waals surface area contributed by atoms with Gasteiger partial charge in [-0.2, -0.15) is 0 Å². The average Bonchev–Trinajstić information content (AvgIpc) is 2.34. The minimum absolute atomic E-state index is 0.572. The molecule has 0 aliphatic rings. The molecule has 3 nitrogen and oxygen atoms in total. The van der Waals surface area contributed by atoms with Crippen LogP contribution in [0, 0.1) is 5.92 Å². The third-order valence-corrected chi connectivity index (χ3v) is 3.61. The minimum atomic E-state index is 0.572. The Morgan fingerprint density at radius 1 is 1.11 bits per heavy atom. The van der Waals surface area contributed by atoms with Gasteiger partial charge < -0.3 is 10.1 Å². The van der Waals surface area contributed by atoms with E-state index < -0.39 is 0 Å². The fourth-order valence-electron chi connectivity index (χ4n) is 2.13. The molecular formula is C15H34N2O. The maximum atomic E-state index is 5.21. The van der Waals surface area contributed by atoms with Crippen LogP contribution in [-0.2, 0) is 4.74 Å². The summed E-state index contributed by atoms with van der Waals surface area (Å²) >= 11 is 0. The molecule has 18 heavy (non-hydrogen) atoms. The number of rotatable bonds is 11. The molecule has 0 rings (SSSR count). The van der Waals surface area contributed by atoms with Gasteiger partial charge in [-0.1, -0.05) is 20.8 Å². The summed E-state index contributed by atoms with van der Waals surface area (Å²) in [6.07, 6.45) is 2.45. The highest BCUT2D eigenvalue weighted by Gasteiger charge is 2.18. The average molecular weight is 258 g/mol. The molecule has 0 saturated carbocycles. The van der Waals surface area contributed by atoms with Crippen molar-refractivity contribution in [2.75, 3.05) is 33.4 Å². The van der Waals surface area contributed by atoms with Gasteiger partial charge in [0, 0.05) is 32.3 Å². The standard InChI is InChI=1S/C15H34N2O/c1-7-14(4)17(10-11-18-6)15(5)12-16-9-8-13(2)3/h13-16H,7-12H2,1-6H3. The normalized spacial score (nSPS) is 15.3. The number of hydrogen-bond acceptors (Lipinski definition) is 3. The van der Waals surface area contributed by atoms with Crippen LogP contribution in [0.25, 0.3) is 0 Å². The summed E-state index contributed by atoms with van der Waals surface area (Å²) in [5.41, 5.74) is 0. The summed E-state index contributed by atoms with van der Waals surface area (Å²) in [7, 11) is 1.78. The Morgan fingerprint density at radius 2 is 1.78 bits per heavy atom. The first-order valence-corrected chi connectivity index (χ1v) is 7.48. The molecule has 0 aromatic heterocycles. The van der Waals surface area contributed by atoms with Crippen LogP contribution in [0.5, 0.6) is 0 Å². The van der Waals surface area contributed by atoms with Gasteiger partial charge in [0.2, 0.25) is 0 Å². The monoisotopic (exact) mass is 258 g/mol. The molecule has 0 aromatic carbocycles. The third kappa shape index (κ3) is 8.06. The van der Waals surface area contributed by atoms with Crippen molar-refractivity contribution in [2.45, 2.75) is 59.5 Å². The van der Waals surface area contributed by atoms with E-state index in [-0.39, 0.29) is 0 Å². The fourth-order valence-corrected chi connectivity index (χ4v) is 2.13. The lowest BCUT2D eigenvalue weighted by Crippen LogP contribution is -2.46. The van der Waals surface area contributed by atoms with Crippen molar-refractivity contribution < 1.29 is 4.74 Å². The van der Waals surface area contributed by atoms with Crippen LogP contribution >= 0.6 is 0 Å². The Kier molecular flexibility index (Phi) is 10.7. The number of nitrogens with zero attached hydrogens (tertiary/aromatic N) is 1. The molecular weight excluding hydrogens is 224 g/mol. The first-order chi connectivity index (χ1) is 8.52. The molecule has 0 aliphatic heterocycles. The van der Waals surface area contributed by atoms with E-state index in [9.17, 15) is 0 Å². The van der Waals surface area contributed by atoms with Crippen molar-refractivity contribution in [1.29, 1.82) is 0 Å². The quantitative estimate of drug-likeness (QED) is 0.577. The smallest absolute Gasteiger partial charge is 0.0589 e. The number of nitrogens with one attached hydrogen (secondary N) is 1. The van der Waals surface area contributed by atoms with Crippen molar-refractivity contribution in [3.8, 4) is 0 Å². The highest BCUT2D eigenvalue weighted by Crippen LogP contribution is 2.08. The van der Waals surface area contributed by atoms with Gasteiger partial charge in [0.15, 0.2) is 0 Å². The first-order valence-electron chi connectivity index (χ1n) is 7.48. The van der Waals surface area contributed by atoms with Crippen LogP contribution in [0.2, 0.25) is 0 Å². The number of ether oxygens (including phenoxy) is 1. The molecule has 0 saturated heterocycles. The molecule has 0 heterocycles. The lowest BCUT2D eigenvalue weighted by molar-refractivity contribution is 0.0934. The summed E-state index contributed by atoms with van der Waals surface area (Å²) in [6.45, 7) is 15.5. The molecule has 1 N–H and O–H groups in total. The largest absolute Gasteiger partial charge is 0.383 e. The molecule has 0 fully saturated rings. The summed E-state index contributed by atoms with van der Waals surface area (Å²) in [5, 5.41) is 3.57. The highest BCUT2D eigenvalue weighted by atomic mass is 16.5. The van der Waals surface area contributed by atoms with E-state index in [1.807, 2.05) is 0 Å². The third-order valence-electron chi connectivity index (χ3n) is 3.61. The molecule has 0 aliphatic carbocycles.